The second-order valence-corrected chi connectivity index (χ2v) is 3.66. The van der Waals surface area contributed by atoms with Crippen LogP contribution in [0.2, 0.25) is 0 Å². The van der Waals surface area contributed by atoms with Crippen LogP contribution in [0.4, 0.5) is 0 Å². The van der Waals surface area contributed by atoms with Crippen LogP contribution in [0.5, 0.6) is 0 Å². The summed E-state index contributed by atoms with van der Waals surface area (Å²) in [6.45, 7) is 0.320. The molecule has 0 bridgehead atoms. The Morgan fingerprint density at radius 3 is 2.71 bits per heavy atom. The quantitative estimate of drug-likeness (QED) is 0.713. The van der Waals surface area contributed by atoms with Crippen molar-refractivity contribution in [3.63, 3.8) is 0 Å². The zero-order chi connectivity index (χ0) is 12.6. The second kappa shape index (κ2) is 3.93. The molecule has 2 aromatic heterocycles. The molecular weight excluding hydrogens is 224 g/mol. The predicted octanol–water partition coefficient (Wildman–Crippen LogP) is -0.495. The van der Waals surface area contributed by atoms with Gasteiger partial charge in [0.05, 0.1) is 12.6 Å². The molecule has 7 nitrogen and oxygen atoms in total. The Labute approximate surface area is 95.9 Å². The molecule has 90 valence electrons. The fraction of sp³-hybridized carbons (Fsp3) is 0.300. The van der Waals surface area contributed by atoms with E-state index in [1.807, 2.05) is 0 Å². The Morgan fingerprint density at radius 1 is 1.35 bits per heavy atom. The fourth-order valence-corrected chi connectivity index (χ4v) is 1.70. The van der Waals surface area contributed by atoms with Gasteiger partial charge in [-0.3, -0.25) is 13.9 Å². The van der Waals surface area contributed by atoms with Crippen LogP contribution in [0.25, 0.3) is 11.2 Å². The van der Waals surface area contributed by atoms with Gasteiger partial charge in [-0.2, -0.15) is 0 Å². The minimum Gasteiger partial charge on any atom is -0.516 e. The average molecular weight is 236 g/mol. The largest absolute Gasteiger partial charge is 0.516 e. The lowest BCUT2D eigenvalue weighted by molar-refractivity contribution is 0.469. The highest BCUT2D eigenvalue weighted by Crippen LogP contribution is 2.04. The van der Waals surface area contributed by atoms with Crippen molar-refractivity contribution in [1.29, 1.82) is 0 Å². The van der Waals surface area contributed by atoms with E-state index in [9.17, 15) is 9.59 Å². The number of aryl methyl sites for hydroxylation is 1. The van der Waals surface area contributed by atoms with Crippen LogP contribution in [0.3, 0.4) is 0 Å². The number of aromatic nitrogens is 4. The highest BCUT2D eigenvalue weighted by atomic mass is 16.2. The molecule has 7 heteroatoms. The van der Waals surface area contributed by atoms with Crippen LogP contribution in [-0.4, -0.2) is 23.8 Å². The molecule has 0 aromatic carbocycles. The van der Waals surface area contributed by atoms with Crippen molar-refractivity contribution < 1.29 is 5.11 Å². The summed E-state index contributed by atoms with van der Waals surface area (Å²) in [5, 5.41) is 8.61. The number of aliphatic hydroxyl groups excluding tert-OH is 1. The summed E-state index contributed by atoms with van der Waals surface area (Å²) in [5.41, 5.74) is -0.130. The van der Waals surface area contributed by atoms with Crippen molar-refractivity contribution in [3.8, 4) is 0 Å². The lowest BCUT2D eigenvalue weighted by atomic mass is 10.5. The molecule has 0 amide bonds. The van der Waals surface area contributed by atoms with Gasteiger partial charge in [0.2, 0.25) is 0 Å². The van der Waals surface area contributed by atoms with E-state index in [0.29, 0.717) is 17.7 Å². The number of hydrogen-bond donors (Lipinski definition) is 1. The number of fused-ring (bicyclic) bond motifs is 1. The standard InChI is InChI=1S/C10H12N4O3/c1-12-8-7(9(16)13(2)10(12)17)14(6-11-8)4-3-5-15/h3,5-6,15H,4H2,1-2H3. The zero-order valence-electron chi connectivity index (χ0n) is 9.49. The maximum absolute atomic E-state index is 11.9. The molecule has 0 fully saturated rings. The number of nitrogens with zero attached hydrogens (tertiary/aromatic N) is 4. The van der Waals surface area contributed by atoms with E-state index < -0.39 is 11.2 Å². The van der Waals surface area contributed by atoms with Crippen molar-refractivity contribution in [1.82, 2.24) is 18.7 Å². The number of imidazole rings is 1. The first-order valence-corrected chi connectivity index (χ1v) is 4.98. The molecular formula is C10H12N4O3. The van der Waals surface area contributed by atoms with Gasteiger partial charge in [-0.25, -0.2) is 9.78 Å². The molecule has 0 spiro atoms. The third kappa shape index (κ3) is 1.55. The van der Waals surface area contributed by atoms with Gasteiger partial charge in [-0.15, -0.1) is 0 Å². The third-order valence-electron chi connectivity index (χ3n) is 2.62. The minimum atomic E-state index is -0.412. The number of rotatable bonds is 2. The molecule has 1 N–H and O–H groups in total. The Bertz CT molecular complexity index is 705. The van der Waals surface area contributed by atoms with Crippen LogP contribution >= 0.6 is 0 Å². The molecule has 0 aliphatic rings. The van der Waals surface area contributed by atoms with E-state index in [0.717, 1.165) is 10.8 Å². The summed E-state index contributed by atoms with van der Waals surface area (Å²) in [7, 11) is 2.98. The molecule has 2 aromatic rings. The predicted molar refractivity (Wildman–Crippen MR) is 62.0 cm³/mol. The van der Waals surface area contributed by atoms with E-state index in [2.05, 4.69) is 4.98 Å². The van der Waals surface area contributed by atoms with E-state index in [1.165, 1.54) is 24.0 Å². The van der Waals surface area contributed by atoms with E-state index in [4.69, 9.17) is 5.11 Å². The number of allylic oxidation sites excluding steroid dienone is 1. The summed E-state index contributed by atoms with van der Waals surface area (Å²) >= 11 is 0. The number of aliphatic hydroxyl groups is 1. The highest BCUT2D eigenvalue weighted by molar-refractivity contribution is 5.69. The van der Waals surface area contributed by atoms with Gasteiger partial charge in [-0.1, -0.05) is 0 Å². The zero-order valence-corrected chi connectivity index (χ0v) is 9.49. The summed E-state index contributed by atoms with van der Waals surface area (Å²) in [4.78, 5) is 27.6. The lowest BCUT2D eigenvalue weighted by Crippen LogP contribution is -2.37. The third-order valence-corrected chi connectivity index (χ3v) is 2.62. The molecule has 0 unspecified atom stereocenters. The van der Waals surface area contributed by atoms with Crippen molar-refractivity contribution >= 4 is 11.2 Å². The van der Waals surface area contributed by atoms with Gasteiger partial charge in [0.1, 0.15) is 0 Å². The monoisotopic (exact) mass is 236 g/mol. The van der Waals surface area contributed by atoms with E-state index in [1.54, 1.807) is 11.6 Å². The topological polar surface area (TPSA) is 82.0 Å². The fourth-order valence-electron chi connectivity index (χ4n) is 1.70. The van der Waals surface area contributed by atoms with Crippen LogP contribution in [0.1, 0.15) is 0 Å². The Morgan fingerprint density at radius 2 is 2.06 bits per heavy atom. The van der Waals surface area contributed by atoms with Gasteiger partial charge >= 0.3 is 5.69 Å². The summed E-state index contributed by atoms with van der Waals surface area (Å²) in [6, 6.07) is 0. The van der Waals surface area contributed by atoms with Crippen LogP contribution in [-0.2, 0) is 20.6 Å². The molecule has 0 aliphatic carbocycles. The Kier molecular flexibility index (Phi) is 2.58. The molecule has 0 atom stereocenters. The smallest absolute Gasteiger partial charge is 0.332 e. The van der Waals surface area contributed by atoms with Crippen molar-refractivity contribution in [3.05, 3.63) is 39.5 Å². The maximum atomic E-state index is 11.9. The minimum absolute atomic E-state index is 0.320. The van der Waals surface area contributed by atoms with Crippen LogP contribution in [0.15, 0.2) is 28.3 Å². The van der Waals surface area contributed by atoms with Crippen molar-refractivity contribution in [2.75, 3.05) is 0 Å². The van der Waals surface area contributed by atoms with Crippen LogP contribution < -0.4 is 11.2 Å². The second-order valence-electron chi connectivity index (χ2n) is 3.66. The van der Waals surface area contributed by atoms with Crippen molar-refractivity contribution in [2.45, 2.75) is 6.54 Å². The number of hydrogen-bond acceptors (Lipinski definition) is 4. The van der Waals surface area contributed by atoms with Crippen LogP contribution in [0, 0.1) is 0 Å². The average Bonchev–Trinajstić information content (AvgIpc) is 2.75. The Hall–Kier alpha value is -2.31. The molecule has 17 heavy (non-hydrogen) atoms. The SMILES string of the molecule is Cn1c(=O)c2c(ncn2CC=CO)n(C)c1=O. The first-order chi connectivity index (χ1) is 8.07. The summed E-state index contributed by atoms with van der Waals surface area (Å²) in [5.74, 6) is 0. The van der Waals surface area contributed by atoms with Gasteiger partial charge in [0.25, 0.3) is 5.56 Å². The van der Waals surface area contributed by atoms with Crippen molar-refractivity contribution in [2.24, 2.45) is 14.1 Å². The maximum Gasteiger partial charge on any atom is 0.332 e. The van der Waals surface area contributed by atoms with Gasteiger partial charge in [0.15, 0.2) is 11.2 Å². The summed E-state index contributed by atoms with van der Waals surface area (Å²) < 4.78 is 3.92. The van der Waals surface area contributed by atoms with E-state index >= 15 is 0 Å². The lowest BCUT2D eigenvalue weighted by Gasteiger charge is -2.04. The first kappa shape index (κ1) is 11.2. The van der Waals surface area contributed by atoms with E-state index in [-0.39, 0.29) is 0 Å². The summed E-state index contributed by atoms with van der Waals surface area (Å²) in [6.07, 6.45) is 3.84. The first-order valence-electron chi connectivity index (χ1n) is 4.98. The Balaban J connectivity index is 2.86. The molecule has 2 rings (SSSR count). The molecule has 2 heterocycles. The van der Waals surface area contributed by atoms with Gasteiger partial charge in [-0.05, 0) is 6.08 Å². The highest BCUT2D eigenvalue weighted by Gasteiger charge is 2.13. The normalized spacial score (nSPS) is 11.6. The molecule has 0 saturated carbocycles. The molecule has 0 aliphatic heterocycles. The molecule has 0 saturated heterocycles. The van der Waals surface area contributed by atoms with Gasteiger partial charge in [0, 0.05) is 20.6 Å². The molecule has 0 radical (unpaired) electrons. The van der Waals surface area contributed by atoms with Gasteiger partial charge < -0.3 is 9.67 Å².